The highest BCUT2D eigenvalue weighted by molar-refractivity contribution is 7.96. The lowest BCUT2D eigenvalue weighted by atomic mass is 10.4. The molecular formula is C14H16NOPS. The van der Waals surface area contributed by atoms with Crippen LogP contribution in [0.15, 0.2) is 64.8 Å². The summed E-state index contributed by atoms with van der Waals surface area (Å²) in [6.45, 7) is 0. The number of rotatable bonds is 3. The van der Waals surface area contributed by atoms with Gasteiger partial charge in [-0.2, -0.15) is 0 Å². The minimum Gasteiger partial charge on any atom is -0.250 e. The second kappa shape index (κ2) is 5.64. The van der Waals surface area contributed by atoms with E-state index < -0.39 is 17.8 Å². The minimum absolute atomic E-state index is 0.889. The molecule has 0 saturated carbocycles. The van der Waals surface area contributed by atoms with Gasteiger partial charge in [-0.1, -0.05) is 60.7 Å². The van der Waals surface area contributed by atoms with Gasteiger partial charge in [0.1, 0.15) is 0 Å². The third-order valence-corrected chi connectivity index (χ3v) is 6.08. The van der Waals surface area contributed by atoms with E-state index in [4.69, 9.17) is 0 Å². The first-order valence-corrected chi connectivity index (χ1v) is 9.26. The molecule has 0 bridgehead atoms. The van der Waals surface area contributed by atoms with Crippen molar-refractivity contribution >= 4 is 28.4 Å². The zero-order chi connectivity index (χ0) is 13.0. The van der Waals surface area contributed by atoms with E-state index in [1.165, 1.54) is 0 Å². The Balaban J connectivity index is 2.53. The summed E-state index contributed by atoms with van der Waals surface area (Å²) in [6, 6.07) is 20.1. The van der Waals surface area contributed by atoms with Crippen molar-refractivity contribution in [3.05, 3.63) is 60.7 Å². The Morgan fingerprint density at radius 1 is 0.833 bits per heavy atom. The number of hydrogen-bond acceptors (Lipinski definition) is 2. The Morgan fingerprint density at radius 2 is 1.22 bits per heavy atom. The van der Waals surface area contributed by atoms with Crippen LogP contribution in [0.1, 0.15) is 0 Å². The number of benzene rings is 2. The summed E-state index contributed by atoms with van der Waals surface area (Å²) in [5, 5.41) is 2.27. The normalized spacial score (nSPS) is 11.5. The predicted molar refractivity (Wildman–Crippen MR) is 81.5 cm³/mol. The zero-order valence-corrected chi connectivity index (χ0v) is 12.2. The minimum atomic E-state index is -2.12. The third kappa shape index (κ3) is 3.66. The second-order valence-electron chi connectivity index (χ2n) is 4.25. The summed E-state index contributed by atoms with van der Waals surface area (Å²) >= 11 is 0. The van der Waals surface area contributed by atoms with Crippen molar-refractivity contribution in [1.29, 1.82) is 0 Å². The molecule has 0 aliphatic carbocycles. The average molecular weight is 277 g/mol. The van der Waals surface area contributed by atoms with Crippen molar-refractivity contribution in [3.63, 3.8) is 0 Å². The molecular weight excluding hydrogens is 261 g/mol. The molecule has 0 aliphatic heterocycles. The maximum absolute atomic E-state index is 12.0. The molecule has 0 aliphatic rings. The highest BCUT2D eigenvalue weighted by atomic mass is 32.2. The van der Waals surface area contributed by atoms with Gasteiger partial charge in [-0.3, -0.25) is 4.21 Å². The van der Waals surface area contributed by atoms with Crippen molar-refractivity contribution in [1.82, 2.24) is 0 Å². The zero-order valence-electron chi connectivity index (χ0n) is 10.5. The van der Waals surface area contributed by atoms with Gasteiger partial charge in [0.25, 0.3) is 0 Å². The first kappa shape index (κ1) is 13.3. The molecule has 0 atom stereocenters. The summed E-state index contributed by atoms with van der Waals surface area (Å²) < 4.78 is 16.5. The SMILES string of the molecule is CS(C)(=O)=NP(c1ccccc1)c1ccccc1. The molecule has 0 fully saturated rings. The first-order valence-electron chi connectivity index (χ1n) is 5.63. The van der Waals surface area contributed by atoms with Crippen molar-refractivity contribution in [2.75, 3.05) is 12.5 Å². The monoisotopic (exact) mass is 277 g/mol. The summed E-state index contributed by atoms with van der Waals surface area (Å²) in [4.78, 5) is 0. The van der Waals surface area contributed by atoms with Crippen LogP contribution in [0.4, 0.5) is 0 Å². The van der Waals surface area contributed by atoms with Crippen LogP contribution < -0.4 is 10.6 Å². The number of hydrogen-bond donors (Lipinski definition) is 0. The van der Waals surface area contributed by atoms with Crippen molar-refractivity contribution in [2.45, 2.75) is 0 Å². The summed E-state index contributed by atoms with van der Waals surface area (Å²) in [7, 11) is -3.01. The maximum Gasteiger partial charge on any atom is 0.0890 e. The van der Waals surface area contributed by atoms with Gasteiger partial charge in [-0.15, -0.1) is 0 Å². The van der Waals surface area contributed by atoms with Crippen molar-refractivity contribution in [2.24, 2.45) is 4.13 Å². The van der Waals surface area contributed by atoms with Gasteiger partial charge in [0, 0.05) is 32.8 Å². The van der Waals surface area contributed by atoms with Crippen LogP contribution in [0.5, 0.6) is 0 Å². The highest BCUT2D eigenvalue weighted by Crippen LogP contribution is 2.36. The Hall–Kier alpha value is -1.18. The van der Waals surface area contributed by atoms with Gasteiger partial charge < -0.3 is 0 Å². The smallest absolute Gasteiger partial charge is 0.0890 e. The molecule has 0 unspecified atom stereocenters. The van der Waals surface area contributed by atoms with Crippen LogP contribution in [0, 0.1) is 0 Å². The third-order valence-electron chi connectivity index (χ3n) is 2.28. The summed E-state index contributed by atoms with van der Waals surface area (Å²) in [5.41, 5.74) is 0. The topological polar surface area (TPSA) is 29.4 Å². The lowest BCUT2D eigenvalue weighted by Gasteiger charge is -2.13. The van der Waals surface area contributed by atoms with E-state index in [-0.39, 0.29) is 0 Å². The van der Waals surface area contributed by atoms with Crippen molar-refractivity contribution in [3.8, 4) is 0 Å². The molecule has 2 nitrogen and oxygen atoms in total. The fourth-order valence-electron chi connectivity index (χ4n) is 1.58. The molecule has 0 spiro atoms. The molecule has 0 heterocycles. The summed E-state index contributed by atoms with van der Waals surface area (Å²) in [6.07, 6.45) is 3.38. The Labute approximate surface area is 110 Å². The van der Waals surface area contributed by atoms with Crippen LogP contribution in [-0.2, 0) is 9.73 Å². The van der Waals surface area contributed by atoms with E-state index in [1.54, 1.807) is 12.5 Å². The van der Waals surface area contributed by atoms with Gasteiger partial charge in [-0.25, -0.2) is 4.13 Å². The maximum atomic E-state index is 12.0. The van der Waals surface area contributed by atoms with E-state index in [2.05, 4.69) is 4.13 Å². The Bertz CT molecular complexity index is 571. The molecule has 0 aromatic heterocycles. The van der Waals surface area contributed by atoms with E-state index >= 15 is 0 Å². The highest BCUT2D eigenvalue weighted by Gasteiger charge is 2.13. The van der Waals surface area contributed by atoms with Gasteiger partial charge >= 0.3 is 0 Å². The fraction of sp³-hybridized carbons (Fsp3) is 0.143. The second-order valence-corrected chi connectivity index (χ2v) is 8.92. The fourth-order valence-corrected chi connectivity index (χ4v) is 5.11. The molecule has 2 rings (SSSR count). The largest absolute Gasteiger partial charge is 0.250 e. The van der Waals surface area contributed by atoms with Gasteiger partial charge in [0.05, 0.1) is 8.07 Å². The predicted octanol–water partition coefficient (Wildman–Crippen LogP) is 2.76. The van der Waals surface area contributed by atoms with Gasteiger partial charge in [-0.05, 0) is 0 Å². The molecule has 0 radical (unpaired) electrons. The first-order chi connectivity index (χ1) is 8.56. The molecule has 0 saturated heterocycles. The van der Waals surface area contributed by atoms with E-state index in [0.717, 1.165) is 10.6 Å². The molecule has 18 heavy (non-hydrogen) atoms. The lowest BCUT2D eigenvalue weighted by molar-refractivity contribution is 0.685. The van der Waals surface area contributed by atoms with Gasteiger partial charge in [0.2, 0.25) is 0 Å². The lowest BCUT2D eigenvalue weighted by Crippen LogP contribution is -2.11. The number of nitrogens with zero attached hydrogens (tertiary/aromatic N) is 1. The van der Waals surface area contributed by atoms with Crippen LogP contribution in [-0.4, -0.2) is 16.7 Å². The Morgan fingerprint density at radius 3 is 1.56 bits per heavy atom. The molecule has 2 aromatic rings. The Kier molecular flexibility index (Phi) is 4.15. The average Bonchev–Trinajstić information content (AvgIpc) is 2.37. The van der Waals surface area contributed by atoms with Crippen LogP contribution in [0.25, 0.3) is 0 Å². The van der Waals surface area contributed by atoms with Gasteiger partial charge in [0.15, 0.2) is 0 Å². The molecule has 94 valence electrons. The van der Waals surface area contributed by atoms with Crippen molar-refractivity contribution < 1.29 is 4.21 Å². The van der Waals surface area contributed by atoms with E-state index in [1.807, 2.05) is 60.7 Å². The van der Waals surface area contributed by atoms with Crippen LogP contribution in [0.2, 0.25) is 0 Å². The standard InChI is InChI=1S/C14H16NOPS/c1-18(2,16)15-17(13-9-5-3-6-10-13)14-11-7-4-8-12-14/h3-12H,1-2H3. The van der Waals surface area contributed by atoms with Crippen LogP contribution >= 0.6 is 8.07 Å². The molecule has 2 aromatic carbocycles. The summed E-state index contributed by atoms with van der Waals surface area (Å²) in [5.74, 6) is 0. The molecule has 4 heteroatoms. The molecule has 0 amide bonds. The van der Waals surface area contributed by atoms with E-state index in [0.29, 0.717) is 0 Å². The quantitative estimate of drug-likeness (QED) is 0.793. The molecule has 0 N–H and O–H groups in total. The van der Waals surface area contributed by atoms with E-state index in [9.17, 15) is 4.21 Å². The van der Waals surface area contributed by atoms with Crippen LogP contribution in [0.3, 0.4) is 0 Å².